The highest BCUT2D eigenvalue weighted by Gasteiger charge is 2.44. The standard InChI is InChI=1S/C48H71N7O7/c1-11-31(7)40-45(59)52-41(32(8)12-2)44(58)50-39(30(5)6)48(62)54(10)37(27-33-20-15-13-16-21-33)42(56)49-35(26-29(3)4)46(60)55-25-19-24-36(55)47(61)53(9)38(43(57)51-40)28-34-22-17-14-18-23-34/h13-18,20-23,29-32,35-41H,11-12,19,24-28H2,1-10H3,(H,49,56)(H,50,58)(H,51,57)(H,52,59)/t31-,32+,35+,36+,37+,38-,39-,40-,41+/m1/s1. The minimum Gasteiger partial charge on any atom is -0.342 e. The van der Waals surface area contributed by atoms with Crippen LogP contribution in [0.4, 0.5) is 0 Å². The van der Waals surface area contributed by atoms with Crippen LogP contribution in [-0.4, -0.2) is 119 Å². The van der Waals surface area contributed by atoms with Gasteiger partial charge in [0.1, 0.15) is 42.3 Å². The molecule has 2 aromatic rings. The smallest absolute Gasteiger partial charge is 0.245 e. The molecule has 2 aromatic carbocycles. The molecule has 340 valence electrons. The fourth-order valence-corrected chi connectivity index (χ4v) is 8.35. The predicted molar refractivity (Wildman–Crippen MR) is 239 cm³/mol. The molecule has 0 bridgehead atoms. The number of likely N-dealkylation sites (N-methyl/N-ethyl adjacent to an activating group) is 2. The SMILES string of the molecule is CC[C@@H](C)[C@H]1NC(=O)[C@@H](Cc2ccccc2)N(C)C(=O)[C@@H]2CCCN2C(=O)[C@H](CC(C)C)NC(=O)[C@H](Cc2ccccc2)N(C)C(=O)[C@@H](C(C)C)NC(=O)[C@H]([C@@H](C)CC)NC1=O. The molecule has 0 spiro atoms. The Bertz CT molecular complexity index is 1860. The van der Waals surface area contributed by atoms with Crippen molar-refractivity contribution in [2.45, 2.75) is 143 Å². The van der Waals surface area contributed by atoms with Crippen LogP contribution in [0, 0.1) is 23.7 Å². The van der Waals surface area contributed by atoms with Crippen molar-refractivity contribution >= 4 is 41.4 Å². The molecule has 2 saturated heterocycles. The molecule has 2 aliphatic heterocycles. The van der Waals surface area contributed by atoms with Crippen LogP contribution in [0.3, 0.4) is 0 Å². The summed E-state index contributed by atoms with van der Waals surface area (Å²) in [5.41, 5.74) is 1.57. The van der Waals surface area contributed by atoms with Crippen LogP contribution in [0.15, 0.2) is 60.7 Å². The van der Waals surface area contributed by atoms with E-state index in [-0.39, 0.29) is 43.6 Å². The monoisotopic (exact) mass is 858 g/mol. The van der Waals surface area contributed by atoms with E-state index in [1.165, 1.54) is 21.7 Å². The number of rotatable bonds is 11. The van der Waals surface area contributed by atoms with Crippen molar-refractivity contribution in [3.63, 3.8) is 0 Å². The number of carbonyl (C=O) groups excluding carboxylic acids is 7. The van der Waals surface area contributed by atoms with Gasteiger partial charge in [0.05, 0.1) is 0 Å². The summed E-state index contributed by atoms with van der Waals surface area (Å²) >= 11 is 0. The van der Waals surface area contributed by atoms with E-state index in [0.29, 0.717) is 25.7 Å². The van der Waals surface area contributed by atoms with Gasteiger partial charge in [-0.3, -0.25) is 33.6 Å². The lowest BCUT2D eigenvalue weighted by Crippen LogP contribution is -2.62. The first-order chi connectivity index (χ1) is 29.4. The number of fused-ring (bicyclic) bond motifs is 1. The maximum absolute atomic E-state index is 14.7. The molecule has 0 aromatic heterocycles. The first-order valence-electron chi connectivity index (χ1n) is 22.5. The van der Waals surface area contributed by atoms with Crippen molar-refractivity contribution in [1.82, 2.24) is 36.0 Å². The van der Waals surface area contributed by atoms with E-state index in [4.69, 9.17) is 0 Å². The summed E-state index contributed by atoms with van der Waals surface area (Å²) in [6.45, 7) is 15.2. The Morgan fingerprint density at radius 2 is 1.00 bits per heavy atom. The van der Waals surface area contributed by atoms with Gasteiger partial charge in [-0.1, -0.05) is 129 Å². The van der Waals surface area contributed by atoms with E-state index < -0.39 is 89.6 Å². The molecule has 14 heteroatoms. The molecule has 0 saturated carbocycles. The number of hydrogen-bond acceptors (Lipinski definition) is 7. The van der Waals surface area contributed by atoms with Gasteiger partial charge in [-0.05, 0) is 54.1 Å². The molecule has 2 heterocycles. The van der Waals surface area contributed by atoms with E-state index >= 15 is 0 Å². The topological polar surface area (TPSA) is 177 Å². The van der Waals surface area contributed by atoms with Crippen LogP contribution in [0.25, 0.3) is 0 Å². The van der Waals surface area contributed by atoms with Crippen LogP contribution in [0.5, 0.6) is 0 Å². The molecule has 9 atom stereocenters. The zero-order chi connectivity index (χ0) is 45.8. The number of amides is 7. The third kappa shape index (κ3) is 12.4. The van der Waals surface area contributed by atoms with E-state index in [1.54, 1.807) is 20.9 Å². The highest BCUT2D eigenvalue weighted by atomic mass is 16.2. The van der Waals surface area contributed by atoms with Gasteiger partial charge in [-0.2, -0.15) is 0 Å². The van der Waals surface area contributed by atoms with Crippen molar-refractivity contribution in [3.8, 4) is 0 Å². The maximum atomic E-state index is 14.7. The molecule has 62 heavy (non-hydrogen) atoms. The van der Waals surface area contributed by atoms with Gasteiger partial charge < -0.3 is 36.0 Å². The summed E-state index contributed by atoms with van der Waals surface area (Å²) in [7, 11) is 3.07. The maximum Gasteiger partial charge on any atom is 0.245 e. The minimum atomic E-state index is -1.08. The lowest BCUT2D eigenvalue weighted by molar-refractivity contribution is -0.149. The quantitative estimate of drug-likeness (QED) is 0.265. The van der Waals surface area contributed by atoms with Gasteiger partial charge in [-0.25, -0.2) is 0 Å². The first-order valence-corrected chi connectivity index (χ1v) is 22.5. The first kappa shape index (κ1) is 49.4. The Hall–Kier alpha value is -5.27. The fourth-order valence-electron chi connectivity index (χ4n) is 8.35. The average molecular weight is 858 g/mol. The Labute approximate surface area is 368 Å². The highest BCUT2D eigenvalue weighted by Crippen LogP contribution is 2.25. The third-order valence-corrected chi connectivity index (χ3v) is 12.7. The zero-order valence-corrected chi connectivity index (χ0v) is 38.5. The Morgan fingerprint density at radius 1 is 0.565 bits per heavy atom. The fraction of sp³-hybridized carbons (Fsp3) is 0.604. The summed E-state index contributed by atoms with van der Waals surface area (Å²) in [4.78, 5) is 106. The van der Waals surface area contributed by atoms with Crippen molar-refractivity contribution in [2.75, 3.05) is 20.6 Å². The number of benzene rings is 2. The van der Waals surface area contributed by atoms with Gasteiger partial charge in [0.25, 0.3) is 0 Å². The summed E-state index contributed by atoms with van der Waals surface area (Å²) < 4.78 is 0. The molecule has 0 radical (unpaired) electrons. The molecule has 4 N–H and O–H groups in total. The number of hydrogen-bond donors (Lipinski definition) is 4. The van der Waals surface area contributed by atoms with Gasteiger partial charge in [0.2, 0.25) is 41.4 Å². The second-order valence-electron chi connectivity index (χ2n) is 18.2. The van der Waals surface area contributed by atoms with Crippen molar-refractivity contribution in [2.24, 2.45) is 23.7 Å². The van der Waals surface area contributed by atoms with Gasteiger partial charge in [0.15, 0.2) is 0 Å². The molecular weight excluding hydrogens is 787 g/mol. The molecule has 4 rings (SSSR count). The molecular formula is C48H71N7O7. The van der Waals surface area contributed by atoms with Crippen LogP contribution >= 0.6 is 0 Å². The van der Waals surface area contributed by atoms with Gasteiger partial charge in [0, 0.05) is 33.5 Å². The van der Waals surface area contributed by atoms with Crippen LogP contribution in [0.1, 0.15) is 98.6 Å². The number of nitrogens with one attached hydrogen (secondary N) is 4. The van der Waals surface area contributed by atoms with Crippen LogP contribution < -0.4 is 21.3 Å². The van der Waals surface area contributed by atoms with Crippen LogP contribution in [-0.2, 0) is 46.4 Å². The molecule has 0 unspecified atom stereocenters. The van der Waals surface area contributed by atoms with E-state index in [9.17, 15) is 33.6 Å². The second kappa shape index (κ2) is 22.7. The lowest BCUT2D eigenvalue weighted by atomic mass is 9.93. The second-order valence-corrected chi connectivity index (χ2v) is 18.2. The Kier molecular flexibility index (Phi) is 18.1. The normalized spacial score (nSPS) is 26.4. The highest BCUT2D eigenvalue weighted by molar-refractivity contribution is 5.99. The van der Waals surface area contributed by atoms with Crippen molar-refractivity contribution in [1.29, 1.82) is 0 Å². The van der Waals surface area contributed by atoms with E-state index in [1.807, 2.05) is 102 Å². The summed E-state index contributed by atoms with van der Waals surface area (Å²) in [6, 6.07) is 11.2. The Balaban J connectivity index is 1.88. The molecule has 7 amide bonds. The lowest BCUT2D eigenvalue weighted by Gasteiger charge is -2.36. The zero-order valence-electron chi connectivity index (χ0n) is 38.5. The molecule has 14 nitrogen and oxygen atoms in total. The summed E-state index contributed by atoms with van der Waals surface area (Å²) in [5.74, 6) is -4.81. The third-order valence-electron chi connectivity index (χ3n) is 12.7. The molecule has 0 aliphatic carbocycles. The largest absolute Gasteiger partial charge is 0.342 e. The molecule has 2 aliphatic rings. The average Bonchev–Trinajstić information content (AvgIpc) is 3.75. The van der Waals surface area contributed by atoms with Crippen molar-refractivity contribution in [3.05, 3.63) is 71.8 Å². The van der Waals surface area contributed by atoms with Crippen LogP contribution in [0.2, 0.25) is 0 Å². The van der Waals surface area contributed by atoms with E-state index in [0.717, 1.165) is 11.1 Å². The van der Waals surface area contributed by atoms with Gasteiger partial charge in [-0.15, -0.1) is 0 Å². The van der Waals surface area contributed by atoms with Crippen molar-refractivity contribution < 1.29 is 33.6 Å². The number of nitrogens with zero attached hydrogens (tertiary/aromatic N) is 3. The summed E-state index contributed by atoms with van der Waals surface area (Å²) in [5, 5.41) is 11.8. The minimum absolute atomic E-state index is 0.0298. The van der Waals surface area contributed by atoms with E-state index in [2.05, 4.69) is 21.3 Å². The Morgan fingerprint density at radius 3 is 1.45 bits per heavy atom. The number of carbonyl (C=O) groups is 7. The van der Waals surface area contributed by atoms with Gasteiger partial charge >= 0.3 is 0 Å². The predicted octanol–water partition coefficient (Wildman–Crippen LogP) is 3.86. The summed E-state index contributed by atoms with van der Waals surface area (Å²) in [6.07, 6.45) is 2.45. The molecule has 2 fully saturated rings.